The van der Waals surface area contributed by atoms with Crippen LogP contribution in [0.1, 0.15) is 18.7 Å². The molecule has 1 aromatic heterocycles. The monoisotopic (exact) mass is 262 g/mol. The van der Waals surface area contributed by atoms with E-state index in [4.69, 9.17) is 4.74 Å². The predicted molar refractivity (Wildman–Crippen MR) is 56.9 cm³/mol. The van der Waals surface area contributed by atoms with E-state index in [1.54, 1.807) is 13.3 Å². The Bertz CT molecular complexity index is 295. The van der Waals surface area contributed by atoms with E-state index in [1.807, 2.05) is 13.2 Å². The zero-order valence-corrected chi connectivity index (χ0v) is 10.1. The van der Waals surface area contributed by atoms with Crippen LogP contribution in [0.25, 0.3) is 0 Å². The van der Waals surface area contributed by atoms with E-state index >= 15 is 0 Å². The zero-order chi connectivity index (χ0) is 9.84. The van der Waals surface area contributed by atoms with Crippen molar-refractivity contribution in [3.8, 4) is 0 Å². The lowest BCUT2D eigenvalue weighted by atomic mass is 10.3. The number of aromatic nitrogens is 2. The van der Waals surface area contributed by atoms with Crippen LogP contribution in [0.2, 0.25) is 0 Å². The molecule has 0 fully saturated rings. The van der Waals surface area contributed by atoms with Gasteiger partial charge in [-0.05, 0) is 29.1 Å². The van der Waals surface area contributed by atoms with Gasteiger partial charge in [0.05, 0.1) is 16.3 Å². The Kier molecular flexibility index (Phi) is 4.15. The maximum absolute atomic E-state index is 5.19. The highest BCUT2D eigenvalue weighted by molar-refractivity contribution is 9.10. The summed E-state index contributed by atoms with van der Waals surface area (Å²) in [7, 11) is 1.66. The van der Waals surface area contributed by atoms with Crippen molar-refractivity contribution in [2.75, 3.05) is 13.4 Å². The first-order chi connectivity index (χ1) is 6.19. The summed E-state index contributed by atoms with van der Waals surface area (Å²) in [5.41, 5.74) is 0.891. The van der Waals surface area contributed by atoms with E-state index in [9.17, 15) is 0 Å². The molecule has 0 bridgehead atoms. The first-order valence-electron chi connectivity index (χ1n) is 3.78. The van der Waals surface area contributed by atoms with Gasteiger partial charge >= 0.3 is 0 Å². The summed E-state index contributed by atoms with van der Waals surface area (Å²) in [6.45, 7) is 1.96. The number of nitrogens with zero attached hydrogens (tertiary/aromatic N) is 2. The van der Waals surface area contributed by atoms with Gasteiger partial charge in [0, 0.05) is 13.3 Å². The van der Waals surface area contributed by atoms with Crippen molar-refractivity contribution in [1.29, 1.82) is 0 Å². The molecule has 0 aliphatic carbocycles. The van der Waals surface area contributed by atoms with Gasteiger partial charge in [-0.1, -0.05) is 11.8 Å². The van der Waals surface area contributed by atoms with Crippen LogP contribution in [-0.4, -0.2) is 23.3 Å². The topological polar surface area (TPSA) is 35.0 Å². The van der Waals surface area contributed by atoms with Gasteiger partial charge in [-0.3, -0.25) is 0 Å². The molecule has 3 nitrogen and oxygen atoms in total. The van der Waals surface area contributed by atoms with Gasteiger partial charge in [0.1, 0.15) is 0 Å². The van der Waals surface area contributed by atoms with Crippen LogP contribution in [0, 0.1) is 0 Å². The van der Waals surface area contributed by atoms with Crippen LogP contribution in [0.3, 0.4) is 0 Å². The van der Waals surface area contributed by atoms with Crippen LogP contribution < -0.4 is 0 Å². The molecule has 0 spiro atoms. The normalized spacial score (nSPS) is 12.9. The largest absolute Gasteiger partial charge is 0.375 e. The average Bonchev–Trinajstić information content (AvgIpc) is 2.17. The van der Waals surface area contributed by atoms with E-state index in [1.165, 1.54) is 11.8 Å². The fourth-order valence-electron chi connectivity index (χ4n) is 0.858. The molecule has 0 saturated heterocycles. The quantitative estimate of drug-likeness (QED) is 0.620. The average molecular weight is 263 g/mol. The zero-order valence-electron chi connectivity index (χ0n) is 7.74. The summed E-state index contributed by atoms with van der Waals surface area (Å²) in [4.78, 5) is 8.47. The Morgan fingerprint density at radius 3 is 2.85 bits per heavy atom. The third-order valence-corrected chi connectivity index (χ3v) is 2.84. The van der Waals surface area contributed by atoms with Crippen molar-refractivity contribution in [3.63, 3.8) is 0 Å². The van der Waals surface area contributed by atoms with E-state index in [2.05, 4.69) is 25.9 Å². The van der Waals surface area contributed by atoms with Crippen molar-refractivity contribution in [2.45, 2.75) is 18.2 Å². The second kappa shape index (κ2) is 4.93. The fourth-order valence-corrected chi connectivity index (χ4v) is 1.72. The molecule has 5 heteroatoms. The molecule has 0 aromatic carbocycles. The van der Waals surface area contributed by atoms with Crippen molar-refractivity contribution >= 4 is 27.7 Å². The summed E-state index contributed by atoms with van der Waals surface area (Å²) in [6, 6.07) is 0. The summed E-state index contributed by atoms with van der Waals surface area (Å²) in [6.07, 6.45) is 3.69. The lowest BCUT2D eigenvalue weighted by Gasteiger charge is -2.10. The minimum atomic E-state index is -0.0109. The van der Waals surface area contributed by atoms with Crippen molar-refractivity contribution < 1.29 is 4.74 Å². The van der Waals surface area contributed by atoms with Gasteiger partial charge in [0.2, 0.25) is 0 Å². The number of thioether (sulfide) groups is 1. The molecule has 1 atom stereocenters. The second-order valence-electron chi connectivity index (χ2n) is 2.47. The van der Waals surface area contributed by atoms with E-state index in [0.29, 0.717) is 0 Å². The van der Waals surface area contributed by atoms with Crippen LogP contribution in [0.4, 0.5) is 0 Å². The Hall–Kier alpha value is -0.130. The minimum absolute atomic E-state index is 0.0109. The minimum Gasteiger partial charge on any atom is -0.375 e. The molecule has 1 aromatic rings. The summed E-state index contributed by atoms with van der Waals surface area (Å²) < 4.78 is 6.08. The highest BCUT2D eigenvalue weighted by Gasteiger charge is 2.11. The molecule has 13 heavy (non-hydrogen) atoms. The Labute approximate surface area is 90.4 Å². The molecule has 0 aliphatic heterocycles. The van der Waals surface area contributed by atoms with Gasteiger partial charge in [0.15, 0.2) is 5.16 Å². The molecule has 0 saturated carbocycles. The van der Waals surface area contributed by atoms with E-state index < -0.39 is 0 Å². The molecule has 1 heterocycles. The highest BCUT2D eigenvalue weighted by Crippen LogP contribution is 2.24. The third kappa shape index (κ3) is 2.65. The van der Waals surface area contributed by atoms with Gasteiger partial charge in [-0.15, -0.1) is 0 Å². The molecule has 1 rings (SSSR count). The number of hydrogen-bond acceptors (Lipinski definition) is 4. The van der Waals surface area contributed by atoms with Gasteiger partial charge < -0.3 is 4.74 Å². The molecule has 0 aliphatic rings. The smallest absolute Gasteiger partial charge is 0.187 e. The maximum atomic E-state index is 5.19. The fraction of sp³-hybridized carbons (Fsp3) is 0.500. The first-order valence-corrected chi connectivity index (χ1v) is 5.80. The van der Waals surface area contributed by atoms with E-state index in [-0.39, 0.29) is 6.10 Å². The van der Waals surface area contributed by atoms with Crippen molar-refractivity contribution in [3.05, 3.63) is 16.4 Å². The van der Waals surface area contributed by atoms with Gasteiger partial charge in [-0.2, -0.15) is 0 Å². The highest BCUT2D eigenvalue weighted by atomic mass is 79.9. The van der Waals surface area contributed by atoms with Crippen LogP contribution in [0.15, 0.2) is 15.8 Å². The summed E-state index contributed by atoms with van der Waals surface area (Å²) in [5, 5.41) is 0.766. The number of hydrogen-bond donors (Lipinski definition) is 0. The number of ether oxygens (including phenoxy) is 1. The van der Waals surface area contributed by atoms with Gasteiger partial charge in [0.25, 0.3) is 0 Å². The lowest BCUT2D eigenvalue weighted by molar-refractivity contribution is 0.114. The lowest BCUT2D eigenvalue weighted by Crippen LogP contribution is -2.02. The van der Waals surface area contributed by atoms with Crippen molar-refractivity contribution in [2.24, 2.45) is 0 Å². The van der Waals surface area contributed by atoms with E-state index in [0.717, 1.165) is 15.3 Å². The maximum Gasteiger partial charge on any atom is 0.187 e. The van der Waals surface area contributed by atoms with Crippen LogP contribution >= 0.6 is 27.7 Å². The summed E-state index contributed by atoms with van der Waals surface area (Å²) >= 11 is 4.91. The van der Waals surface area contributed by atoms with Gasteiger partial charge in [-0.25, -0.2) is 9.97 Å². The molecule has 72 valence electrons. The first kappa shape index (κ1) is 10.9. The SMILES string of the molecule is COC(C)c1nc(SC)ncc1Br. The number of rotatable bonds is 3. The molecule has 0 radical (unpaired) electrons. The van der Waals surface area contributed by atoms with Crippen molar-refractivity contribution in [1.82, 2.24) is 9.97 Å². The van der Waals surface area contributed by atoms with Crippen LogP contribution in [0.5, 0.6) is 0 Å². The number of halogens is 1. The Morgan fingerprint density at radius 1 is 1.62 bits per heavy atom. The second-order valence-corrected chi connectivity index (χ2v) is 4.10. The molecule has 1 unspecified atom stereocenters. The molecular formula is C8H11BrN2OS. The summed E-state index contributed by atoms with van der Waals surface area (Å²) in [5.74, 6) is 0. The standard InChI is InChI=1S/C8H11BrN2OS/c1-5(12-2)7-6(9)4-10-8(11-7)13-3/h4-5H,1-3H3. The molecular weight excluding hydrogens is 252 g/mol. The molecule has 0 N–H and O–H groups in total. The Balaban J connectivity index is 3.03. The predicted octanol–water partition coefficient (Wildman–Crippen LogP) is 2.67. The third-order valence-electron chi connectivity index (χ3n) is 1.67. The Morgan fingerprint density at radius 2 is 2.31 bits per heavy atom. The van der Waals surface area contributed by atoms with Crippen LogP contribution in [-0.2, 0) is 4.74 Å². The molecule has 0 amide bonds. The number of methoxy groups -OCH3 is 1.